The molecule has 0 bridgehead atoms. The summed E-state index contributed by atoms with van der Waals surface area (Å²) in [4.78, 5) is 22.1. The second kappa shape index (κ2) is 9.79. The van der Waals surface area contributed by atoms with Crippen LogP contribution in [0.3, 0.4) is 0 Å². The first-order valence-corrected chi connectivity index (χ1v) is 11.2. The molecule has 1 aromatic heterocycles. The van der Waals surface area contributed by atoms with E-state index in [0.29, 0.717) is 23.0 Å². The molecule has 6 nitrogen and oxygen atoms in total. The van der Waals surface area contributed by atoms with Gasteiger partial charge in [-0.05, 0) is 37.4 Å². The standard InChI is InChI=1S/C25H23N3O3S.ClH/c1-27(2)12-13-28(25-26-20-14-21-22(31-16-30-21)15-23(20)32-25)24(29)19-10-8-18(9-11-19)17-6-4-3-5-7-17;/h3-11,14-15H,12-13,16H2,1-2H3;1H. The summed E-state index contributed by atoms with van der Waals surface area (Å²) in [7, 11) is 3.99. The van der Waals surface area contributed by atoms with Gasteiger partial charge in [-0.15, -0.1) is 12.4 Å². The van der Waals surface area contributed by atoms with Crippen molar-refractivity contribution in [2.45, 2.75) is 0 Å². The Morgan fingerprint density at radius 2 is 1.61 bits per heavy atom. The van der Waals surface area contributed by atoms with E-state index in [1.807, 2.05) is 68.7 Å². The molecule has 1 aliphatic heterocycles. The number of nitrogens with zero attached hydrogens (tertiary/aromatic N) is 3. The predicted molar refractivity (Wildman–Crippen MR) is 135 cm³/mol. The third kappa shape index (κ3) is 4.80. The second-order valence-corrected chi connectivity index (χ2v) is 8.88. The lowest BCUT2D eigenvalue weighted by molar-refractivity contribution is 0.0985. The van der Waals surface area contributed by atoms with Crippen molar-refractivity contribution in [1.82, 2.24) is 9.88 Å². The third-order valence-corrected chi connectivity index (χ3v) is 6.40. The minimum absolute atomic E-state index is 0. The monoisotopic (exact) mass is 481 g/mol. The highest BCUT2D eigenvalue weighted by Gasteiger charge is 2.23. The average molecular weight is 482 g/mol. The molecule has 0 saturated heterocycles. The number of benzene rings is 3. The zero-order chi connectivity index (χ0) is 22.1. The molecule has 0 saturated carbocycles. The first kappa shape index (κ1) is 23.0. The van der Waals surface area contributed by atoms with E-state index in [9.17, 15) is 4.79 Å². The molecule has 170 valence electrons. The Morgan fingerprint density at radius 1 is 0.939 bits per heavy atom. The van der Waals surface area contributed by atoms with Crippen molar-refractivity contribution in [3.05, 3.63) is 72.3 Å². The fourth-order valence-corrected chi connectivity index (χ4v) is 4.60. The maximum Gasteiger partial charge on any atom is 0.260 e. The highest BCUT2D eigenvalue weighted by atomic mass is 35.5. The van der Waals surface area contributed by atoms with Gasteiger partial charge in [0.2, 0.25) is 6.79 Å². The number of hydrogen-bond donors (Lipinski definition) is 0. The highest BCUT2D eigenvalue weighted by molar-refractivity contribution is 7.22. The summed E-state index contributed by atoms with van der Waals surface area (Å²) >= 11 is 1.49. The van der Waals surface area contributed by atoms with Crippen LogP contribution < -0.4 is 14.4 Å². The number of likely N-dealkylation sites (N-methyl/N-ethyl adjacent to an activating group) is 1. The van der Waals surface area contributed by atoms with E-state index < -0.39 is 0 Å². The van der Waals surface area contributed by atoms with Gasteiger partial charge in [-0.1, -0.05) is 53.8 Å². The number of halogens is 1. The third-order valence-electron chi connectivity index (χ3n) is 5.36. The number of hydrogen-bond acceptors (Lipinski definition) is 6. The van der Waals surface area contributed by atoms with Crippen LogP contribution in [0, 0.1) is 0 Å². The number of anilines is 1. The molecule has 0 unspecified atom stereocenters. The molecule has 1 aliphatic rings. The smallest absolute Gasteiger partial charge is 0.260 e. The molecule has 33 heavy (non-hydrogen) atoms. The summed E-state index contributed by atoms with van der Waals surface area (Å²) in [6.45, 7) is 1.50. The van der Waals surface area contributed by atoms with Crippen molar-refractivity contribution in [3.63, 3.8) is 0 Å². The SMILES string of the molecule is CN(C)CCN(C(=O)c1ccc(-c2ccccc2)cc1)c1nc2cc3c(cc2s1)OCO3.Cl. The van der Waals surface area contributed by atoms with Crippen molar-refractivity contribution in [2.24, 2.45) is 0 Å². The molecule has 8 heteroatoms. The van der Waals surface area contributed by atoms with Crippen molar-refractivity contribution < 1.29 is 14.3 Å². The first-order valence-electron chi connectivity index (χ1n) is 10.4. The highest BCUT2D eigenvalue weighted by Crippen LogP contribution is 2.40. The van der Waals surface area contributed by atoms with Gasteiger partial charge >= 0.3 is 0 Å². The Hall–Kier alpha value is -3.13. The van der Waals surface area contributed by atoms with Gasteiger partial charge in [0.1, 0.15) is 0 Å². The molecule has 0 atom stereocenters. The lowest BCUT2D eigenvalue weighted by Gasteiger charge is -2.22. The molecule has 0 aliphatic carbocycles. The largest absolute Gasteiger partial charge is 0.454 e. The van der Waals surface area contributed by atoms with Gasteiger partial charge in [0.25, 0.3) is 5.91 Å². The Morgan fingerprint density at radius 3 is 2.30 bits per heavy atom. The van der Waals surface area contributed by atoms with Gasteiger partial charge < -0.3 is 14.4 Å². The van der Waals surface area contributed by atoms with Crippen LogP contribution in [-0.2, 0) is 0 Å². The van der Waals surface area contributed by atoms with E-state index in [0.717, 1.165) is 33.6 Å². The molecular weight excluding hydrogens is 458 g/mol. The van der Waals surface area contributed by atoms with Crippen LogP contribution >= 0.6 is 23.7 Å². The Bertz CT molecular complexity index is 1220. The summed E-state index contributed by atoms with van der Waals surface area (Å²) in [5, 5.41) is 0.669. The van der Waals surface area contributed by atoms with Crippen molar-refractivity contribution in [3.8, 4) is 22.6 Å². The topological polar surface area (TPSA) is 54.9 Å². The van der Waals surface area contributed by atoms with E-state index >= 15 is 0 Å². The van der Waals surface area contributed by atoms with Crippen molar-refractivity contribution in [2.75, 3.05) is 38.9 Å². The summed E-state index contributed by atoms with van der Waals surface area (Å²) in [5.41, 5.74) is 3.64. The van der Waals surface area contributed by atoms with Gasteiger partial charge in [0.05, 0.1) is 10.2 Å². The summed E-state index contributed by atoms with van der Waals surface area (Å²) in [6.07, 6.45) is 0. The maximum absolute atomic E-state index is 13.5. The quantitative estimate of drug-likeness (QED) is 0.373. The van der Waals surface area contributed by atoms with Crippen LogP contribution in [0.2, 0.25) is 0 Å². The number of aromatic nitrogens is 1. The molecule has 3 aromatic carbocycles. The van der Waals surface area contributed by atoms with E-state index in [2.05, 4.69) is 17.0 Å². The number of rotatable bonds is 6. The van der Waals surface area contributed by atoms with Gasteiger partial charge in [0.15, 0.2) is 16.6 Å². The number of fused-ring (bicyclic) bond motifs is 2. The van der Waals surface area contributed by atoms with E-state index in [4.69, 9.17) is 14.5 Å². The van der Waals surface area contributed by atoms with Gasteiger partial charge in [-0.25, -0.2) is 4.98 Å². The zero-order valence-corrected chi connectivity index (χ0v) is 20.0. The minimum Gasteiger partial charge on any atom is -0.454 e. The molecule has 5 rings (SSSR count). The molecule has 4 aromatic rings. The van der Waals surface area contributed by atoms with E-state index in [-0.39, 0.29) is 25.1 Å². The molecular formula is C25H24ClN3O3S. The van der Waals surface area contributed by atoms with Gasteiger partial charge in [-0.2, -0.15) is 0 Å². The molecule has 0 N–H and O–H groups in total. The first-order chi connectivity index (χ1) is 15.6. The number of ether oxygens (including phenoxy) is 2. The molecule has 0 spiro atoms. The fourth-order valence-electron chi connectivity index (χ4n) is 3.60. The normalized spacial score (nSPS) is 12.1. The summed E-state index contributed by atoms with van der Waals surface area (Å²) in [5.74, 6) is 1.35. The van der Waals surface area contributed by atoms with Crippen LogP contribution in [0.4, 0.5) is 5.13 Å². The zero-order valence-electron chi connectivity index (χ0n) is 18.4. The maximum atomic E-state index is 13.5. The van der Waals surface area contributed by atoms with Gasteiger partial charge in [-0.3, -0.25) is 9.69 Å². The minimum atomic E-state index is -0.0643. The number of carbonyl (C=O) groups excluding carboxylic acids is 1. The second-order valence-electron chi connectivity index (χ2n) is 7.87. The predicted octanol–water partition coefficient (Wildman–Crippen LogP) is 5.32. The summed E-state index contributed by atoms with van der Waals surface area (Å²) in [6, 6.07) is 21.7. The number of amides is 1. The van der Waals surface area contributed by atoms with Crippen LogP contribution in [0.15, 0.2) is 66.7 Å². The Labute approximate surface area is 202 Å². The Kier molecular flexibility index (Phi) is 6.83. The average Bonchev–Trinajstić information content (AvgIpc) is 3.43. The van der Waals surface area contributed by atoms with E-state index in [1.54, 1.807) is 4.90 Å². The van der Waals surface area contributed by atoms with Gasteiger partial charge in [0, 0.05) is 30.8 Å². The van der Waals surface area contributed by atoms with E-state index in [1.165, 1.54) is 11.3 Å². The van der Waals surface area contributed by atoms with Crippen LogP contribution in [0.1, 0.15) is 10.4 Å². The number of carbonyl (C=O) groups is 1. The van der Waals surface area contributed by atoms with Crippen LogP contribution in [0.5, 0.6) is 11.5 Å². The number of thiazole rings is 1. The molecule has 1 amide bonds. The van der Waals surface area contributed by atoms with Crippen molar-refractivity contribution in [1.29, 1.82) is 0 Å². The van der Waals surface area contributed by atoms with Crippen LogP contribution in [-0.4, -0.2) is 49.8 Å². The Balaban J connectivity index is 0.00000259. The van der Waals surface area contributed by atoms with Crippen molar-refractivity contribution >= 4 is 45.0 Å². The van der Waals surface area contributed by atoms with Crippen LogP contribution in [0.25, 0.3) is 21.3 Å². The molecule has 0 radical (unpaired) electrons. The lowest BCUT2D eigenvalue weighted by atomic mass is 10.0. The molecule has 0 fully saturated rings. The molecule has 2 heterocycles. The lowest BCUT2D eigenvalue weighted by Crippen LogP contribution is -2.36. The fraction of sp³-hybridized carbons (Fsp3) is 0.200. The summed E-state index contributed by atoms with van der Waals surface area (Å²) < 4.78 is 11.9.